The van der Waals surface area contributed by atoms with Gasteiger partial charge in [0.2, 0.25) is 0 Å². The van der Waals surface area contributed by atoms with E-state index in [9.17, 15) is 0 Å². The van der Waals surface area contributed by atoms with Gasteiger partial charge in [-0.25, -0.2) is 0 Å². The van der Waals surface area contributed by atoms with E-state index in [1.54, 1.807) is 28.4 Å². The van der Waals surface area contributed by atoms with Crippen molar-refractivity contribution in [3.8, 4) is 23.0 Å². The lowest BCUT2D eigenvalue weighted by Crippen LogP contribution is -2.34. The van der Waals surface area contributed by atoms with Crippen LogP contribution in [0.25, 0.3) is 22.3 Å². The largest absolute Gasteiger partial charge is 0.496 e. The fraction of sp³-hybridized carbons (Fsp3) is 0.185. The normalized spacial score (nSPS) is 13.0. The van der Waals surface area contributed by atoms with E-state index in [1.165, 1.54) is 11.4 Å². The molecule has 0 atom stereocenters. The number of quaternary nitrogens is 2. The Morgan fingerprint density at radius 3 is 0.875 bits per heavy atom. The summed E-state index contributed by atoms with van der Waals surface area (Å²) in [4.78, 5) is 15.6. The Kier molecular flexibility index (Phi) is 10.7. The monoisotopic (exact) mass is 852 g/mol. The SMILES string of the molecule is COc1cccc(OC)c1C1=c2ccc([nH]2)=C(c2ccc([N+](C)(C)C)cc2)c2ccc([nH]2)C(c2c(OC)cccc2OC)=c2ccc([nH]2)=C(c2ccc([N+](C)(C)C)cc2)c2ccc1[nH]2. The lowest BCUT2D eigenvalue weighted by atomic mass is 10.00. The van der Waals surface area contributed by atoms with Crippen molar-refractivity contribution < 1.29 is 18.9 Å². The first-order chi connectivity index (χ1) is 30.8. The summed E-state index contributed by atoms with van der Waals surface area (Å²) in [5.41, 5.74) is 13.6. The van der Waals surface area contributed by atoms with E-state index < -0.39 is 0 Å². The number of fused-ring (bicyclic) bond motifs is 8. The highest BCUT2D eigenvalue weighted by Crippen LogP contribution is 2.39. The van der Waals surface area contributed by atoms with Gasteiger partial charge >= 0.3 is 0 Å². The number of hydrogen-bond donors (Lipinski definition) is 4. The number of rotatable bonds is 10. The average molecular weight is 853 g/mol. The molecule has 10 heteroatoms. The lowest BCUT2D eigenvalue weighted by Gasteiger charge is -2.23. The molecule has 4 aromatic carbocycles. The van der Waals surface area contributed by atoms with E-state index in [0.29, 0.717) is 32.0 Å². The third kappa shape index (κ3) is 7.50. The van der Waals surface area contributed by atoms with Gasteiger partial charge in [0.25, 0.3) is 0 Å². The molecule has 4 N–H and O–H groups in total. The Morgan fingerprint density at radius 1 is 0.312 bits per heavy atom. The number of H-pyrrole nitrogens is 4. The number of nitrogens with zero attached hydrogens (tertiary/aromatic N) is 2. The lowest BCUT2D eigenvalue weighted by molar-refractivity contribution is 0.392. The van der Waals surface area contributed by atoms with Gasteiger partial charge in [0.1, 0.15) is 34.4 Å². The summed E-state index contributed by atoms with van der Waals surface area (Å²) >= 11 is 0. The van der Waals surface area contributed by atoms with Crippen molar-refractivity contribution in [3.05, 3.63) is 200 Å². The van der Waals surface area contributed by atoms with Crippen LogP contribution in [-0.4, -0.2) is 90.7 Å². The molecule has 10 nitrogen and oxygen atoms in total. The van der Waals surface area contributed by atoms with Crippen molar-refractivity contribution in [2.24, 2.45) is 0 Å². The number of hydrogen-bond acceptors (Lipinski definition) is 4. The van der Waals surface area contributed by atoms with Crippen molar-refractivity contribution >= 4 is 33.7 Å². The smallest absolute Gasteiger partial charge is 0.132 e. The van der Waals surface area contributed by atoms with Gasteiger partial charge in [-0.3, -0.25) is 8.97 Å². The second-order valence-corrected chi connectivity index (χ2v) is 17.8. The molecule has 9 rings (SSSR count). The first-order valence-electron chi connectivity index (χ1n) is 21.4. The zero-order valence-corrected chi connectivity index (χ0v) is 38.2. The van der Waals surface area contributed by atoms with Gasteiger partial charge in [-0.05, 0) is 132 Å². The van der Waals surface area contributed by atoms with Gasteiger partial charge in [-0.1, -0.05) is 12.1 Å². The molecular formula is C54H56N6O4+2. The number of aromatic amines is 4. The van der Waals surface area contributed by atoms with E-state index in [1.807, 2.05) is 36.4 Å². The van der Waals surface area contributed by atoms with Crippen molar-refractivity contribution in [3.63, 3.8) is 0 Å². The number of methoxy groups -OCH3 is 4. The molecular weight excluding hydrogens is 797 g/mol. The van der Waals surface area contributed by atoms with Crippen LogP contribution in [0.1, 0.15) is 45.0 Å². The molecule has 0 saturated heterocycles. The van der Waals surface area contributed by atoms with Gasteiger partial charge < -0.3 is 38.9 Å². The van der Waals surface area contributed by atoms with Crippen molar-refractivity contribution in [2.45, 2.75) is 0 Å². The summed E-state index contributed by atoms with van der Waals surface area (Å²) < 4.78 is 25.7. The minimum absolute atomic E-state index is 0.689. The van der Waals surface area contributed by atoms with E-state index >= 15 is 0 Å². The van der Waals surface area contributed by atoms with Crippen LogP contribution >= 0.6 is 0 Å². The van der Waals surface area contributed by atoms with Gasteiger partial charge in [-0.2, -0.15) is 0 Å². The zero-order valence-electron chi connectivity index (χ0n) is 38.2. The molecule has 1 aliphatic rings. The molecule has 0 saturated carbocycles. The number of benzene rings is 4. The molecule has 0 amide bonds. The second-order valence-electron chi connectivity index (χ2n) is 17.8. The minimum Gasteiger partial charge on any atom is -0.496 e. The van der Waals surface area contributed by atoms with E-state index in [2.05, 4.69) is 159 Å². The third-order valence-corrected chi connectivity index (χ3v) is 12.1. The Hall–Kier alpha value is -7.40. The summed E-state index contributed by atoms with van der Waals surface area (Å²) in [7, 11) is 19.9. The quantitative estimate of drug-likeness (QED) is 0.115. The molecule has 8 bridgehead atoms. The Bertz CT molecular complexity index is 3010. The Morgan fingerprint density at radius 2 is 0.594 bits per heavy atom. The van der Waals surface area contributed by atoms with Crippen molar-refractivity contribution in [1.82, 2.24) is 28.9 Å². The maximum Gasteiger partial charge on any atom is 0.132 e. The molecule has 64 heavy (non-hydrogen) atoms. The predicted molar refractivity (Wildman–Crippen MR) is 259 cm³/mol. The van der Waals surface area contributed by atoms with E-state index in [0.717, 1.165) is 88.7 Å². The van der Waals surface area contributed by atoms with Gasteiger partial charge in [0.15, 0.2) is 0 Å². The van der Waals surface area contributed by atoms with E-state index in [-0.39, 0.29) is 0 Å². The van der Waals surface area contributed by atoms with Crippen molar-refractivity contribution in [2.75, 3.05) is 70.7 Å². The summed E-state index contributed by atoms with van der Waals surface area (Å²) in [5.74, 6) is 2.76. The fourth-order valence-electron chi connectivity index (χ4n) is 8.83. The first kappa shape index (κ1) is 41.9. The second kappa shape index (κ2) is 16.4. The molecule has 8 aromatic rings. The molecule has 0 fully saturated rings. The number of aromatic nitrogens is 4. The van der Waals surface area contributed by atoms with Crippen LogP contribution in [0.5, 0.6) is 23.0 Å². The molecule has 0 radical (unpaired) electrons. The molecule has 5 heterocycles. The predicted octanol–water partition coefficient (Wildman–Crippen LogP) is 6.73. The summed E-state index contributed by atoms with van der Waals surface area (Å²) in [6.45, 7) is 0. The highest BCUT2D eigenvalue weighted by Gasteiger charge is 2.25. The average Bonchev–Trinajstić information content (AvgIpc) is 4.14. The summed E-state index contributed by atoms with van der Waals surface area (Å²) in [5, 5.41) is 3.62. The van der Waals surface area contributed by atoms with Crippen molar-refractivity contribution in [1.29, 1.82) is 0 Å². The van der Waals surface area contributed by atoms with Crippen LogP contribution < -0.4 is 49.3 Å². The first-order valence-corrected chi connectivity index (χ1v) is 21.4. The maximum atomic E-state index is 6.08. The third-order valence-electron chi connectivity index (χ3n) is 12.1. The van der Waals surface area contributed by atoms with Gasteiger partial charge in [-0.15, -0.1) is 0 Å². The zero-order chi connectivity index (χ0) is 44.9. The fourth-order valence-corrected chi connectivity index (χ4v) is 8.83. The van der Waals surface area contributed by atoms with Crippen LogP contribution in [0, 0.1) is 0 Å². The minimum atomic E-state index is 0.689. The number of ether oxygens (including phenoxy) is 4. The molecule has 4 aromatic heterocycles. The molecule has 0 aliphatic carbocycles. The maximum absolute atomic E-state index is 6.08. The van der Waals surface area contributed by atoms with Crippen LogP contribution in [0.15, 0.2) is 133 Å². The topological polar surface area (TPSA) is 100 Å². The molecule has 324 valence electrons. The molecule has 1 aliphatic heterocycles. The highest BCUT2D eigenvalue weighted by molar-refractivity contribution is 5.88. The Labute approximate surface area is 373 Å². The van der Waals surface area contributed by atoms with E-state index in [4.69, 9.17) is 18.9 Å². The molecule has 0 spiro atoms. The van der Waals surface area contributed by atoms with Crippen LogP contribution in [-0.2, 0) is 0 Å². The molecule has 0 unspecified atom stereocenters. The summed E-state index contributed by atoms with van der Waals surface area (Å²) in [6, 6.07) is 46.6. The van der Waals surface area contributed by atoms with Crippen LogP contribution in [0.3, 0.4) is 0 Å². The number of nitrogens with one attached hydrogen (secondary N) is 4. The highest BCUT2D eigenvalue weighted by atomic mass is 16.5. The van der Waals surface area contributed by atoms with Gasteiger partial charge in [0, 0.05) is 66.5 Å². The van der Waals surface area contributed by atoms with Gasteiger partial charge in [0.05, 0.1) is 81.9 Å². The summed E-state index contributed by atoms with van der Waals surface area (Å²) in [6.07, 6.45) is 0. The Balaban J connectivity index is 1.45. The standard InChI is InChI=1S/C54H56N6O4/c1-59(2,3)35-21-17-33(18-22-35)49-37-25-29-41(55-37)51(53-45(61-7)13-11-14-46(53)62-8)43-31-27-39(57-43)50(34-19-23-36(24-20-34)60(4,5)6)40-28-32-44(58-40)52(42-30-26-38(49)56-42)54-47(63-9)15-12-16-48(54)64-10/h11-32,55-58H,1-10H3/q+2. The van der Waals surface area contributed by atoms with Crippen LogP contribution in [0.2, 0.25) is 0 Å². The van der Waals surface area contributed by atoms with Crippen LogP contribution in [0.4, 0.5) is 11.4 Å².